The molecule has 4 rings (SSSR count). The summed E-state index contributed by atoms with van der Waals surface area (Å²) in [5, 5.41) is 9.57. The number of methoxy groups -OCH3 is 3. The van der Waals surface area contributed by atoms with Gasteiger partial charge in [-0.3, -0.25) is 4.79 Å². The van der Waals surface area contributed by atoms with Crippen LogP contribution >= 0.6 is 0 Å². The van der Waals surface area contributed by atoms with Gasteiger partial charge in [0.05, 0.1) is 31.8 Å². The highest BCUT2D eigenvalue weighted by Crippen LogP contribution is 2.38. The fourth-order valence-corrected chi connectivity index (χ4v) is 6.09. The van der Waals surface area contributed by atoms with E-state index in [1.807, 2.05) is 18.2 Å². The van der Waals surface area contributed by atoms with E-state index in [0.29, 0.717) is 23.7 Å². The molecule has 43 heavy (non-hydrogen) atoms. The molecule has 2 unspecified atom stereocenters. The zero-order chi connectivity index (χ0) is 31.0. The predicted molar refractivity (Wildman–Crippen MR) is 153 cm³/mol. The van der Waals surface area contributed by atoms with E-state index in [4.69, 9.17) is 33.2 Å². The second-order valence-electron chi connectivity index (χ2n) is 9.79. The van der Waals surface area contributed by atoms with Crippen molar-refractivity contribution in [2.24, 2.45) is 0 Å². The lowest BCUT2D eigenvalue weighted by Crippen LogP contribution is -2.40. The van der Waals surface area contributed by atoms with Gasteiger partial charge in [0.25, 0.3) is 5.91 Å². The lowest BCUT2D eigenvalue weighted by Gasteiger charge is -2.32. The Morgan fingerprint density at radius 2 is 1.77 bits per heavy atom. The first-order chi connectivity index (χ1) is 20.7. The van der Waals surface area contributed by atoms with Crippen molar-refractivity contribution in [3.8, 4) is 17.2 Å². The number of fused-ring (bicyclic) bond motifs is 1. The molecule has 0 saturated heterocycles. The van der Waals surface area contributed by atoms with E-state index in [9.17, 15) is 18.3 Å². The number of carbonyl (C=O) groups is 1. The molecule has 2 heterocycles. The zero-order valence-electron chi connectivity index (χ0n) is 24.6. The van der Waals surface area contributed by atoms with Crippen LogP contribution in [0.4, 0.5) is 0 Å². The van der Waals surface area contributed by atoms with Crippen molar-refractivity contribution in [1.82, 2.24) is 9.21 Å². The van der Waals surface area contributed by atoms with E-state index >= 15 is 0 Å². The summed E-state index contributed by atoms with van der Waals surface area (Å²) in [6.07, 6.45) is 0.592. The van der Waals surface area contributed by atoms with E-state index in [-0.39, 0.29) is 56.2 Å². The lowest BCUT2D eigenvalue weighted by molar-refractivity contribution is -0.158. The van der Waals surface area contributed by atoms with Crippen LogP contribution in [0.5, 0.6) is 17.2 Å². The number of benzene rings is 2. The van der Waals surface area contributed by atoms with Gasteiger partial charge in [-0.2, -0.15) is 4.31 Å². The van der Waals surface area contributed by atoms with Gasteiger partial charge in [0, 0.05) is 46.7 Å². The van der Waals surface area contributed by atoms with Gasteiger partial charge in [0.15, 0.2) is 23.5 Å². The van der Waals surface area contributed by atoms with Crippen LogP contribution in [0.15, 0.2) is 59.2 Å². The number of hydrogen-bond acceptors (Lipinski definition) is 11. The van der Waals surface area contributed by atoms with Gasteiger partial charge in [-0.25, -0.2) is 8.42 Å². The maximum absolute atomic E-state index is 13.4. The van der Waals surface area contributed by atoms with Crippen LogP contribution in [0.2, 0.25) is 0 Å². The highest BCUT2D eigenvalue weighted by Gasteiger charge is 2.32. The van der Waals surface area contributed by atoms with E-state index in [0.717, 1.165) is 9.87 Å². The smallest absolute Gasteiger partial charge is 0.288 e. The molecule has 1 N–H and O–H groups in total. The molecule has 1 amide bonds. The normalized spacial score (nSPS) is 18.0. The molecule has 2 aliphatic rings. The first kappa shape index (κ1) is 32.5. The van der Waals surface area contributed by atoms with E-state index in [1.54, 1.807) is 25.3 Å². The fraction of sp³-hybridized carbons (Fsp3) is 0.483. The number of nitrogens with zero attached hydrogens (tertiary/aromatic N) is 2. The van der Waals surface area contributed by atoms with Gasteiger partial charge in [0.1, 0.15) is 5.75 Å². The Balaban J connectivity index is 1.49. The highest BCUT2D eigenvalue weighted by molar-refractivity contribution is 7.89. The van der Waals surface area contributed by atoms with Gasteiger partial charge in [-0.05, 0) is 48.0 Å². The summed E-state index contributed by atoms with van der Waals surface area (Å²) < 4.78 is 66.2. The first-order valence-corrected chi connectivity index (χ1v) is 15.1. The minimum atomic E-state index is -3.93. The third-order valence-corrected chi connectivity index (χ3v) is 8.99. The van der Waals surface area contributed by atoms with E-state index < -0.39 is 28.5 Å². The molecule has 236 valence electrons. The van der Waals surface area contributed by atoms with Crippen LogP contribution in [0.1, 0.15) is 17.9 Å². The van der Waals surface area contributed by atoms with Gasteiger partial charge in [-0.1, -0.05) is 6.07 Å². The largest absolute Gasteiger partial charge is 0.497 e. The van der Waals surface area contributed by atoms with Crippen molar-refractivity contribution in [2.75, 3.05) is 68.0 Å². The first-order valence-electron chi connectivity index (χ1n) is 13.7. The van der Waals surface area contributed by atoms with Crippen molar-refractivity contribution in [3.05, 3.63) is 59.9 Å². The Bertz CT molecular complexity index is 1360. The molecule has 0 saturated carbocycles. The Morgan fingerprint density at radius 3 is 2.44 bits per heavy atom. The van der Waals surface area contributed by atoms with E-state index in [1.165, 1.54) is 38.4 Å². The Hall–Kier alpha value is -3.40. The molecule has 2 aromatic rings. The van der Waals surface area contributed by atoms with Crippen molar-refractivity contribution >= 4 is 15.9 Å². The minimum Gasteiger partial charge on any atom is -0.497 e. The summed E-state index contributed by atoms with van der Waals surface area (Å²) in [4.78, 5) is 14.9. The van der Waals surface area contributed by atoms with Crippen molar-refractivity contribution in [3.63, 3.8) is 0 Å². The maximum Gasteiger partial charge on any atom is 0.288 e. The molecule has 13 nitrogen and oxygen atoms in total. The van der Waals surface area contributed by atoms with Crippen LogP contribution in [-0.2, 0) is 33.8 Å². The number of aliphatic hydroxyl groups is 1. The second kappa shape index (κ2) is 14.9. The van der Waals surface area contributed by atoms with Gasteiger partial charge in [0.2, 0.25) is 23.1 Å². The third-order valence-electron chi connectivity index (χ3n) is 7.08. The van der Waals surface area contributed by atoms with Gasteiger partial charge < -0.3 is 43.2 Å². The second-order valence-corrected chi connectivity index (χ2v) is 11.7. The Kier molecular flexibility index (Phi) is 11.2. The molecule has 0 bridgehead atoms. The number of allylic oxidation sites excluding steroid dienone is 1. The molecule has 14 heteroatoms. The summed E-state index contributed by atoms with van der Waals surface area (Å²) in [5.41, 5.74) is 0.866. The molecule has 2 aromatic carbocycles. The van der Waals surface area contributed by atoms with Crippen molar-refractivity contribution < 1.29 is 51.5 Å². The van der Waals surface area contributed by atoms with E-state index in [2.05, 4.69) is 0 Å². The zero-order valence-corrected chi connectivity index (χ0v) is 25.4. The number of likely N-dealkylation sites (N-methyl/N-ethyl adjacent to an activating group) is 1. The van der Waals surface area contributed by atoms with Crippen LogP contribution < -0.4 is 14.2 Å². The summed E-state index contributed by atoms with van der Waals surface area (Å²) in [6.45, 7) is -0.324. The molecule has 2 atom stereocenters. The molecule has 0 fully saturated rings. The number of ether oxygens (including phenoxy) is 7. The standard InChI is InChI=1S/C29H38N2O11S/c1-30(18-28(37-3)38-4)29(33)26-16-21(20-5-10-24-25(15-20)41-19-40-24)17-27(42-26)39-14-12-31(11-13-32)43(34,35)23-8-6-22(36-2)7-9-23/h5-10,15-16,21,27-28,32H,11-14,17-19H2,1-4H3. The number of carbonyl (C=O) groups excluding carboxylic acids is 1. The molecule has 0 aliphatic carbocycles. The molecular weight excluding hydrogens is 584 g/mol. The predicted octanol–water partition coefficient (Wildman–Crippen LogP) is 1.91. The Labute approximate surface area is 251 Å². The fourth-order valence-electron chi connectivity index (χ4n) is 4.67. The summed E-state index contributed by atoms with van der Waals surface area (Å²) >= 11 is 0. The molecule has 0 radical (unpaired) electrons. The number of sulfonamides is 1. The molecule has 0 spiro atoms. The summed E-state index contributed by atoms with van der Waals surface area (Å²) in [5.74, 6) is 1.15. The Morgan fingerprint density at radius 1 is 1.05 bits per heavy atom. The molecule has 0 aromatic heterocycles. The molecule has 2 aliphatic heterocycles. The highest BCUT2D eigenvalue weighted by atomic mass is 32.2. The van der Waals surface area contributed by atoms with Gasteiger partial charge >= 0.3 is 0 Å². The lowest BCUT2D eigenvalue weighted by atomic mass is 9.92. The van der Waals surface area contributed by atoms with Crippen molar-refractivity contribution in [1.29, 1.82) is 0 Å². The SMILES string of the molecule is COc1ccc(S(=O)(=O)N(CCO)CCOC2CC(c3ccc4c(c3)OCO4)C=C(C(=O)N(C)CC(OC)OC)O2)cc1. The number of hydrogen-bond donors (Lipinski definition) is 1. The minimum absolute atomic E-state index is 0.0549. The number of aliphatic hydroxyl groups excluding tert-OH is 1. The summed E-state index contributed by atoms with van der Waals surface area (Å²) in [6, 6.07) is 11.5. The monoisotopic (exact) mass is 622 g/mol. The average Bonchev–Trinajstić information content (AvgIpc) is 3.50. The van der Waals surface area contributed by atoms with Crippen LogP contribution in [0.3, 0.4) is 0 Å². The van der Waals surface area contributed by atoms with Crippen LogP contribution in [0, 0.1) is 0 Å². The molecular formula is C29H38N2O11S. The van der Waals surface area contributed by atoms with Crippen LogP contribution in [0.25, 0.3) is 0 Å². The quantitative estimate of drug-likeness (QED) is 0.291. The summed E-state index contributed by atoms with van der Waals surface area (Å²) in [7, 11) is 2.14. The number of rotatable bonds is 15. The van der Waals surface area contributed by atoms with Gasteiger partial charge in [-0.15, -0.1) is 0 Å². The number of amides is 1. The average molecular weight is 623 g/mol. The van der Waals surface area contributed by atoms with Crippen LogP contribution in [-0.4, -0.2) is 109 Å². The topological polar surface area (TPSA) is 143 Å². The third kappa shape index (κ3) is 7.96. The maximum atomic E-state index is 13.4. The van der Waals surface area contributed by atoms with Crippen molar-refractivity contribution in [2.45, 2.75) is 29.8 Å².